The predicted octanol–water partition coefficient (Wildman–Crippen LogP) is 3.29. The van der Waals surface area contributed by atoms with Gasteiger partial charge in [-0.25, -0.2) is 4.79 Å². The first-order chi connectivity index (χ1) is 9.17. The molecule has 19 heavy (non-hydrogen) atoms. The number of carbonyl (C=O) groups is 1. The van der Waals surface area contributed by atoms with Crippen molar-refractivity contribution in [2.45, 2.75) is 6.92 Å². The highest BCUT2D eigenvalue weighted by Gasteiger charge is 2.13. The largest absolute Gasteiger partial charge is 0.462 e. The van der Waals surface area contributed by atoms with Gasteiger partial charge in [0.05, 0.1) is 17.3 Å². The second-order valence-corrected chi connectivity index (χ2v) is 4.17. The van der Waals surface area contributed by atoms with Crippen LogP contribution >= 0.6 is 11.6 Å². The van der Waals surface area contributed by atoms with Crippen molar-refractivity contribution in [3.8, 4) is 6.07 Å². The zero-order chi connectivity index (χ0) is 13.8. The Hall–Kier alpha value is -2.25. The fraction of sp³-hybridized carbons (Fsp3) is 0.143. The summed E-state index contributed by atoms with van der Waals surface area (Å²) in [5, 5.41) is 10.3. The SMILES string of the molecule is CCOC(=O)C(C#N)=Cc1[nH]c2ccccc2c1Cl. The molecule has 0 aliphatic carbocycles. The first-order valence-corrected chi connectivity index (χ1v) is 6.10. The first-order valence-electron chi connectivity index (χ1n) is 5.72. The lowest BCUT2D eigenvalue weighted by Gasteiger charge is -1.98. The lowest BCUT2D eigenvalue weighted by Crippen LogP contribution is -2.06. The second-order valence-electron chi connectivity index (χ2n) is 3.79. The number of para-hydroxylation sites is 1. The molecule has 0 saturated heterocycles. The van der Waals surface area contributed by atoms with Gasteiger partial charge in [-0.15, -0.1) is 0 Å². The average Bonchev–Trinajstić information content (AvgIpc) is 2.73. The summed E-state index contributed by atoms with van der Waals surface area (Å²) in [6.45, 7) is 1.90. The van der Waals surface area contributed by atoms with Crippen LogP contribution in [-0.2, 0) is 9.53 Å². The maximum atomic E-state index is 11.5. The van der Waals surface area contributed by atoms with Crippen molar-refractivity contribution in [1.82, 2.24) is 4.98 Å². The van der Waals surface area contributed by atoms with Crippen LogP contribution in [0.4, 0.5) is 0 Å². The number of H-pyrrole nitrogens is 1. The molecule has 2 aromatic rings. The Kier molecular flexibility index (Phi) is 3.88. The Morgan fingerprint density at radius 2 is 2.26 bits per heavy atom. The quantitative estimate of drug-likeness (QED) is 0.530. The van der Waals surface area contributed by atoms with Crippen molar-refractivity contribution in [3.05, 3.63) is 40.6 Å². The molecule has 0 amide bonds. The Labute approximate surface area is 115 Å². The molecule has 0 spiro atoms. The van der Waals surface area contributed by atoms with Gasteiger partial charge >= 0.3 is 5.97 Å². The molecule has 0 saturated carbocycles. The van der Waals surface area contributed by atoms with E-state index in [1.165, 1.54) is 6.08 Å². The number of nitrogens with zero attached hydrogens (tertiary/aromatic N) is 1. The summed E-state index contributed by atoms with van der Waals surface area (Å²) < 4.78 is 4.79. The molecule has 0 radical (unpaired) electrons. The zero-order valence-corrected chi connectivity index (χ0v) is 11.0. The van der Waals surface area contributed by atoms with E-state index in [1.807, 2.05) is 30.3 Å². The van der Waals surface area contributed by atoms with Gasteiger partial charge in [-0.1, -0.05) is 29.8 Å². The van der Waals surface area contributed by atoms with E-state index in [1.54, 1.807) is 6.92 Å². The van der Waals surface area contributed by atoms with Crippen molar-refractivity contribution in [1.29, 1.82) is 5.26 Å². The van der Waals surface area contributed by atoms with Crippen LogP contribution in [-0.4, -0.2) is 17.6 Å². The number of aromatic amines is 1. The summed E-state index contributed by atoms with van der Waals surface area (Å²) in [7, 11) is 0. The summed E-state index contributed by atoms with van der Waals surface area (Å²) in [5.41, 5.74) is 1.28. The van der Waals surface area contributed by atoms with E-state index in [-0.39, 0.29) is 12.2 Å². The number of benzene rings is 1. The minimum absolute atomic E-state index is 0.0877. The molecule has 0 atom stereocenters. The summed E-state index contributed by atoms with van der Waals surface area (Å²) >= 11 is 6.20. The molecular formula is C14H11ClN2O2. The van der Waals surface area contributed by atoms with E-state index in [9.17, 15) is 4.79 Å². The summed E-state index contributed by atoms with van der Waals surface area (Å²) in [6.07, 6.45) is 1.40. The van der Waals surface area contributed by atoms with Crippen LogP contribution in [0.15, 0.2) is 29.8 Å². The molecule has 4 nitrogen and oxygen atoms in total. The number of nitrogens with one attached hydrogen (secondary N) is 1. The third-order valence-corrected chi connectivity index (χ3v) is 2.98. The van der Waals surface area contributed by atoms with Gasteiger partial charge in [0.25, 0.3) is 0 Å². The van der Waals surface area contributed by atoms with E-state index >= 15 is 0 Å². The molecular weight excluding hydrogens is 264 g/mol. The number of carbonyl (C=O) groups excluding carboxylic acids is 1. The normalized spacial score (nSPS) is 11.3. The van der Waals surface area contributed by atoms with Gasteiger partial charge in [0.2, 0.25) is 0 Å². The van der Waals surface area contributed by atoms with Gasteiger partial charge in [-0.3, -0.25) is 0 Å². The lowest BCUT2D eigenvalue weighted by molar-refractivity contribution is -0.137. The predicted molar refractivity (Wildman–Crippen MR) is 73.5 cm³/mol. The zero-order valence-electron chi connectivity index (χ0n) is 10.2. The molecule has 1 heterocycles. The fourth-order valence-corrected chi connectivity index (χ4v) is 1.98. The van der Waals surface area contributed by atoms with Crippen LogP contribution in [0.5, 0.6) is 0 Å². The fourth-order valence-electron chi connectivity index (χ4n) is 1.72. The van der Waals surface area contributed by atoms with E-state index < -0.39 is 5.97 Å². The van der Waals surface area contributed by atoms with Gasteiger partial charge in [-0.05, 0) is 19.1 Å². The lowest BCUT2D eigenvalue weighted by atomic mass is 10.2. The van der Waals surface area contributed by atoms with Gasteiger partial charge in [0.1, 0.15) is 11.6 Å². The number of rotatable bonds is 3. The molecule has 2 rings (SSSR count). The van der Waals surface area contributed by atoms with Gasteiger partial charge < -0.3 is 9.72 Å². The minimum atomic E-state index is -0.653. The Morgan fingerprint density at radius 1 is 1.53 bits per heavy atom. The summed E-state index contributed by atoms with van der Waals surface area (Å²) in [4.78, 5) is 14.6. The molecule has 0 bridgehead atoms. The highest BCUT2D eigenvalue weighted by Crippen LogP contribution is 2.28. The highest BCUT2D eigenvalue weighted by molar-refractivity contribution is 6.37. The molecule has 5 heteroatoms. The number of ether oxygens (including phenoxy) is 1. The van der Waals surface area contributed by atoms with E-state index in [2.05, 4.69) is 4.98 Å². The number of hydrogen-bond acceptors (Lipinski definition) is 3. The van der Waals surface area contributed by atoms with Gasteiger partial charge in [0.15, 0.2) is 0 Å². The minimum Gasteiger partial charge on any atom is -0.462 e. The number of fused-ring (bicyclic) bond motifs is 1. The monoisotopic (exact) mass is 274 g/mol. The Morgan fingerprint density at radius 3 is 2.89 bits per heavy atom. The Bertz CT molecular complexity index is 695. The third kappa shape index (κ3) is 2.61. The Balaban J connectivity index is 2.47. The highest BCUT2D eigenvalue weighted by atomic mass is 35.5. The molecule has 1 N–H and O–H groups in total. The number of halogens is 1. The molecule has 1 aromatic carbocycles. The van der Waals surface area contributed by atoms with Crippen molar-refractivity contribution in [3.63, 3.8) is 0 Å². The summed E-state index contributed by atoms with van der Waals surface area (Å²) in [5.74, 6) is -0.653. The smallest absolute Gasteiger partial charge is 0.348 e. The molecule has 0 aliphatic heterocycles. The van der Waals surface area contributed by atoms with Crippen molar-refractivity contribution in [2.24, 2.45) is 0 Å². The molecule has 0 aliphatic rings. The standard InChI is InChI=1S/C14H11ClN2O2/c1-2-19-14(18)9(8-16)7-12-13(15)10-5-3-4-6-11(10)17-12/h3-7,17H,2H2,1H3. The number of hydrogen-bond donors (Lipinski definition) is 1. The van der Waals surface area contributed by atoms with Crippen molar-refractivity contribution < 1.29 is 9.53 Å². The van der Waals surface area contributed by atoms with E-state index in [0.717, 1.165) is 10.9 Å². The van der Waals surface area contributed by atoms with Gasteiger partial charge in [0, 0.05) is 10.9 Å². The van der Waals surface area contributed by atoms with Crippen molar-refractivity contribution in [2.75, 3.05) is 6.61 Å². The third-order valence-electron chi connectivity index (χ3n) is 2.57. The van der Waals surface area contributed by atoms with Crippen molar-refractivity contribution >= 4 is 34.5 Å². The van der Waals surface area contributed by atoms with Crippen LogP contribution < -0.4 is 0 Å². The molecule has 0 fully saturated rings. The molecule has 1 aromatic heterocycles. The second kappa shape index (κ2) is 5.59. The van der Waals surface area contributed by atoms with Gasteiger partial charge in [-0.2, -0.15) is 5.26 Å². The maximum Gasteiger partial charge on any atom is 0.348 e. The van der Waals surface area contributed by atoms with Crippen LogP contribution in [0.3, 0.4) is 0 Å². The number of aromatic nitrogens is 1. The molecule has 0 unspecified atom stereocenters. The average molecular weight is 275 g/mol. The topological polar surface area (TPSA) is 65.9 Å². The summed E-state index contributed by atoms with van der Waals surface area (Å²) in [6, 6.07) is 9.29. The van der Waals surface area contributed by atoms with Crippen LogP contribution in [0.1, 0.15) is 12.6 Å². The number of nitriles is 1. The molecule has 96 valence electrons. The van der Waals surface area contributed by atoms with Crippen LogP contribution in [0.2, 0.25) is 5.02 Å². The van der Waals surface area contributed by atoms with Crippen LogP contribution in [0.25, 0.3) is 17.0 Å². The first kappa shape index (κ1) is 13.2. The van der Waals surface area contributed by atoms with E-state index in [4.69, 9.17) is 21.6 Å². The van der Waals surface area contributed by atoms with Crippen LogP contribution in [0, 0.1) is 11.3 Å². The number of esters is 1. The van der Waals surface area contributed by atoms with E-state index in [0.29, 0.717) is 10.7 Å². The maximum absolute atomic E-state index is 11.5.